The number of thiocarbonyl (C=S) groups is 1. The summed E-state index contributed by atoms with van der Waals surface area (Å²) in [6.45, 7) is 7.93. The van der Waals surface area contributed by atoms with Crippen molar-refractivity contribution in [3.05, 3.63) is 29.8 Å². The van der Waals surface area contributed by atoms with Gasteiger partial charge in [0.25, 0.3) is 0 Å². The summed E-state index contributed by atoms with van der Waals surface area (Å²) in [5.41, 5.74) is 2.25. The van der Waals surface area contributed by atoms with Gasteiger partial charge in [-0.3, -0.25) is 5.01 Å². The minimum absolute atomic E-state index is 0.342. The Hall–Kier alpha value is -1.42. The van der Waals surface area contributed by atoms with E-state index in [-0.39, 0.29) is 0 Å². The molecule has 1 aromatic carbocycles. The normalized spacial score (nSPS) is 11.7. The van der Waals surface area contributed by atoms with Crippen molar-refractivity contribution < 1.29 is 0 Å². The number of benzene rings is 1. The summed E-state index contributed by atoms with van der Waals surface area (Å²) < 4.78 is 0. The average molecular weight is 263 g/mol. The first-order valence-corrected chi connectivity index (χ1v) is 6.58. The van der Waals surface area contributed by atoms with E-state index < -0.39 is 0 Å². The number of anilines is 1. The van der Waals surface area contributed by atoms with Crippen LogP contribution in [0.4, 0.5) is 5.69 Å². The predicted octanol–water partition coefficient (Wildman–Crippen LogP) is 3.00. The van der Waals surface area contributed by atoms with Crippen LogP contribution in [-0.4, -0.2) is 24.8 Å². The molecule has 4 heteroatoms. The van der Waals surface area contributed by atoms with E-state index in [1.165, 1.54) is 5.56 Å². The maximum Gasteiger partial charge on any atom is 0.0795 e. The van der Waals surface area contributed by atoms with E-state index in [0.29, 0.717) is 6.04 Å². The smallest absolute Gasteiger partial charge is 0.0795 e. The zero-order chi connectivity index (χ0) is 13.5. The summed E-state index contributed by atoms with van der Waals surface area (Å²) in [7, 11) is 1.85. The van der Waals surface area contributed by atoms with Gasteiger partial charge in [-0.2, -0.15) is 5.10 Å². The molecule has 0 amide bonds. The zero-order valence-electron chi connectivity index (χ0n) is 11.3. The van der Waals surface area contributed by atoms with Gasteiger partial charge in [-0.05, 0) is 31.0 Å². The molecule has 1 atom stereocenters. The van der Waals surface area contributed by atoms with Crippen LogP contribution in [0.25, 0.3) is 0 Å². The fraction of sp³-hybridized carbons (Fsp3) is 0.429. The molecule has 0 heterocycles. The summed E-state index contributed by atoms with van der Waals surface area (Å²) in [5, 5.41) is 9.05. The quantitative estimate of drug-likeness (QED) is 0.486. The molecule has 0 aliphatic rings. The summed E-state index contributed by atoms with van der Waals surface area (Å²) in [4.78, 5) is 0.841. The highest BCUT2D eigenvalue weighted by molar-refractivity contribution is 7.80. The second kappa shape index (κ2) is 7.11. The van der Waals surface area contributed by atoms with Crippen LogP contribution in [0, 0.1) is 0 Å². The largest absolute Gasteiger partial charge is 0.382 e. The zero-order valence-corrected chi connectivity index (χ0v) is 12.1. The Morgan fingerprint density at radius 2 is 2.28 bits per heavy atom. The van der Waals surface area contributed by atoms with E-state index in [0.717, 1.165) is 23.5 Å². The Balaban J connectivity index is 2.92. The highest BCUT2D eigenvalue weighted by Gasteiger charge is 2.11. The Morgan fingerprint density at radius 1 is 1.56 bits per heavy atom. The first kappa shape index (κ1) is 14.6. The molecule has 0 bridgehead atoms. The van der Waals surface area contributed by atoms with E-state index >= 15 is 0 Å². The van der Waals surface area contributed by atoms with Crippen LogP contribution < -0.4 is 10.3 Å². The first-order chi connectivity index (χ1) is 8.62. The molecule has 0 spiro atoms. The van der Waals surface area contributed by atoms with Crippen molar-refractivity contribution in [2.24, 2.45) is 5.10 Å². The lowest BCUT2D eigenvalue weighted by Gasteiger charge is -2.25. The second-order valence-electron chi connectivity index (χ2n) is 4.26. The van der Waals surface area contributed by atoms with Crippen LogP contribution in [-0.2, 0) is 6.42 Å². The van der Waals surface area contributed by atoms with E-state index in [1.54, 1.807) is 0 Å². The lowest BCUT2D eigenvalue weighted by Crippen LogP contribution is -2.27. The fourth-order valence-corrected chi connectivity index (χ4v) is 1.90. The molecular weight excluding hydrogens is 242 g/mol. The summed E-state index contributed by atoms with van der Waals surface area (Å²) in [6.07, 6.45) is 1.78. The maximum atomic E-state index is 5.19. The van der Waals surface area contributed by atoms with Crippen molar-refractivity contribution in [2.75, 3.05) is 12.1 Å². The maximum absolute atomic E-state index is 5.19. The number of nitrogens with one attached hydrogen (secondary N) is 1. The van der Waals surface area contributed by atoms with Crippen LogP contribution in [0.1, 0.15) is 25.8 Å². The van der Waals surface area contributed by atoms with Crippen molar-refractivity contribution >= 4 is 29.6 Å². The highest BCUT2D eigenvalue weighted by Crippen LogP contribution is 2.20. The molecular formula is C14H21N3S. The van der Waals surface area contributed by atoms with Crippen LogP contribution >= 0.6 is 12.2 Å². The Labute approximate surface area is 115 Å². The van der Waals surface area contributed by atoms with Crippen LogP contribution in [0.2, 0.25) is 0 Å². The van der Waals surface area contributed by atoms with Gasteiger partial charge in [-0.1, -0.05) is 31.3 Å². The molecule has 1 N–H and O–H groups in total. The Morgan fingerprint density at radius 3 is 2.83 bits per heavy atom. The number of hydrogen-bond donors (Lipinski definition) is 1. The molecule has 0 saturated carbocycles. The standard InChI is InChI=1S/C14H21N3S/c1-5-11(2)17(16-4)13-8-6-7-12(9-13)10-14(18)15-3/h6-9,11H,4-5,10H2,1-3H3,(H,15,18). The Kier molecular flexibility index (Phi) is 5.78. The van der Waals surface area contributed by atoms with E-state index in [9.17, 15) is 0 Å². The third-order valence-electron chi connectivity index (χ3n) is 2.98. The van der Waals surface area contributed by atoms with Gasteiger partial charge in [0.1, 0.15) is 0 Å². The molecule has 0 saturated heterocycles. The van der Waals surface area contributed by atoms with E-state index in [2.05, 4.69) is 43.1 Å². The molecule has 0 aliphatic carbocycles. The van der Waals surface area contributed by atoms with Crippen molar-refractivity contribution in [1.82, 2.24) is 5.32 Å². The lowest BCUT2D eigenvalue weighted by atomic mass is 10.1. The topological polar surface area (TPSA) is 27.6 Å². The van der Waals surface area contributed by atoms with Gasteiger partial charge in [0.05, 0.1) is 10.7 Å². The van der Waals surface area contributed by atoms with Crippen molar-refractivity contribution in [3.63, 3.8) is 0 Å². The van der Waals surface area contributed by atoms with E-state index in [4.69, 9.17) is 12.2 Å². The minimum Gasteiger partial charge on any atom is -0.382 e. The monoisotopic (exact) mass is 263 g/mol. The summed E-state index contributed by atoms with van der Waals surface area (Å²) in [5.74, 6) is 0. The number of nitrogens with zero attached hydrogens (tertiary/aromatic N) is 2. The molecule has 18 heavy (non-hydrogen) atoms. The molecule has 0 aromatic heterocycles. The third-order valence-corrected chi connectivity index (χ3v) is 3.33. The van der Waals surface area contributed by atoms with Crippen LogP contribution in [0.15, 0.2) is 29.4 Å². The molecule has 0 fully saturated rings. The van der Waals surface area contributed by atoms with Crippen molar-refractivity contribution in [2.45, 2.75) is 32.7 Å². The molecule has 1 rings (SSSR count). The average Bonchev–Trinajstić information content (AvgIpc) is 2.39. The SMILES string of the molecule is C=NN(c1cccc(CC(=S)NC)c1)C(C)CC. The van der Waals surface area contributed by atoms with Gasteiger partial charge < -0.3 is 5.32 Å². The predicted molar refractivity (Wildman–Crippen MR) is 83.6 cm³/mol. The fourth-order valence-electron chi connectivity index (χ4n) is 1.73. The molecule has 0 aliphatic heterocycles. The highest BCUT2D eigenvalue weighted by atomic mass is 32.1. The molecule has 0 radical (unpaired) electrons. The number of likely N-dealkylation sites (N-methyl/N-ethyl adjacent to an activating group) is 1. The van der Waals surface area contributed by atoms with Gasteiger partial charge in [0.15, 0.2) is 0 Å². The van der Waals surface area contributed by atoms with Crippen molar-refractivity contribution in [3.8, 4) is 0 Å². The van der Waals surface area contributed by atoms with Gasteiger partial charge in [0.2, 0.25) is 0 Å². The van der Waals surface area contributed by atoms with Crippen LogP contribution in [0.5, 0.6) is 0 Å². The number of hydrogen-bond acceptors (Lipinski definition) is 3. The summed E-state index contributed by atoms with van der Waals surface area (Å²) >= 11 is 5.19. The third kappa shape index (κ3) is 3.81. The van der Waals surface area contributed by atoms with E-state index in [1.807, 2.05) is 24.2 Å². The first-order valence-electron chi connectivity index (χ1n) is 6.17. The molecule has 98 valence electrons. The van der Waals surface area contributed by atoms with Crippen molar-refractivity contribution in [1.29, 1.82) is 0 Å². The number of rotatable bonds is 6. The number of hydrazone groups is 1. The molecule has 1 unspecified atom stereocenters. The molecule has 3 nitrogen and oxygen atoms in total. The lowest BCUT2D eigenvalue weighted by molar-refractivity contribution is 0.637. The second-order valence-corrected chi connectivity index (χ2v) is 4.76. The van der Waals surface area contributed by atoms with Gasteiger partial charge in [-0.15, -0.1) is 0 Å². The Bertz CT molecular complexity index is 417. The van der Waals surface area contributed by atoms with Gasteiger partial charge >= 0.3 is 0 Å². The van der Waals surface area contributed by atoms with Gasteiger partial charge in [-0.25, -0.2) is 0 Å². The van der Waals surface area contributed by atoms with Gasteiger partial charge in [0, 0.05) is 26.2 Å². The van der Waals surface area contributed by atoms with Crippen LogP contribution in [0.3, 0.4) is 0 Å². The molecule has 1 aromatic rings. The minimum atomic E-state index is 0.342. The summed E-state index contributed by atoms with van der Waals surface area (Å²) in [6, 6.07) is 8.61.